The fourth-order valence-corrected chi connectivity index (χ4v) is 8.86. The Kier molecular flexibility index (Phi) is 7.25. The van der Waals surface area contributed by atoms with Crippen molar-refractivity contribution in [3.8, 4) is 5.88 Å². The quantitative estimate of drug-likeness (QED) is 0.333. The first-order chi connectivity index (χ1) is 15.8. The lowest BCUT2D eigenvalue weighted by atomic mass is 10.2. The van der Waals surface area contributed by atoms with Crippen molar-refractivity contribution in [2.24, 2.45) is 0 Å². The van der Waals surface area contributed by atoms with Gasteiger partial charge in [0.2, 0.25) is 5.88 Å². The minimum atomic E-state index is -4.01. The number of halogens is 3. The predicted octanol–water partition coefficient (Wildman–Crippen LogP) is 4.38. The zero-order chi connectivity index (χ0) is 25.2. The maximum atomic E-state index is 16.5. The summed E-state index contributed by atoms with van der Waals surface area (Å²) in [6, 6.07) is 20.9. The van der Waals surface area contributed by atoms with Gasteiger partial charge in [-0.2, -0.15) is 12.8 Å². The summed E-state index contributed by atoms with van der Waals surface area (Å²) in [6.07, 6.45) is -2.86. The molecule has 0 fully saturated rings. The molecule has 5 nitrogen and oxygen atoms in total. The summed E-state index contributed by atoms with van der Waals surface area (Å²) in [7, 11) is -7.76. The van der Waals surface area contributed by atoms with Crippen molar-refractivity contribution < 1.29 is 30.2 Å². The number of rotatable bonds is 8. The van der Waals surface area contributed by atoms with Crippen LogP contribution < -0.4 is 14.6 Å². The molecule has 1 unspecified atom stereocenters. The molecular formula is C24H26F3NO4SSi. The van der Waals surface area contributed by atoms with Crippen molar-refractivity contribution in [2.45, 2.75) is 38.1 Å². The third-order valence-corrected chi connectivity index (χ3v) is 10.8. The molecule has 34 heavy (non-hydrogen) atoms. The number of hydrogen-bond donors (Lipinski definition) is 0. The second kappa shape index (κ2) is 9.51. The molecule has 0 N–H and O–H groups in total. The SMILES string of the molecule is CC(C)(C)[Si](OC(F)(c1cccc(OS(C)(=O)=O)n1)C(F)F)(c1ccccc1)c1ccccc1. The van der Waals surface area contributed by atoms with E-state index in [0.717, 1.165) is 18.4 Å². The van der Waals surface area contributed by atoms with Crippen LogP contribution in [0, 0.1) is 0 Å². The van der Waals surface area contributed by atoms with E-state index in [1.165, 1.54) is 6.07 Å². The van der Waals surface area contributed by atoms with Crippen molar-refractivity contribution in [1.82, 2.24) is 4.98 Å². The minimum absolute atomic E-state index is 0.534. The van der Waals surface area contributed by atoms with Gasteiger partial charge in [-0.1, -0.05) is 87.5 Å². The summed E-state index contributed by atoms with van der Waals surface area (Å²) in [5, 5.41) is 0.405. The molecule has 3 aromatic rings. The lowest BCUT2D eigenvalue weighted by Crippen LogP contribution is -2.69. The lowest BCUT2D eigenvalue weighted by molar-refractivity contribution is -0.183. The monoisotopic (exact) mass is 509 g/mol. The molecule has 182 valence electrons. The molecule has 0 aliphatic carbocycles. The van der Waals surface area contributed by atoms with Gasteiger partial charge in [0, 0.05) is 6.07 Å². The summed E-state index contributed by atoms with van der Waals surface area (Å²) in [6.45, 7) is 5.46. The molecule has 0 aliphatic rings. The number of alkyl halides is 3. The van der Waals surface area contributed by atoms with Crippen LogP contribution in [0.3, 0.4) is 0 Å². The van der Waals surface area contributed by atoms with Gasteiger partial charge < -0.3 is 8.61 Å². The van der Waals surface area contributed by atoms with Crippen LogP contribution in [0.1, 0.15) is 26.5 Å². The van der Waals surface area contributed by atoms with Crippen LogP contribution in [0.4, 0.5) is 13.2 Å². The average Bonchev–Trinajstić information content (AvgIpc) is 2.76. The van der Waals surface area contributed by atoms with E-state index in [2.05, 4.69) is 9.17 Å². The average molecular weight is 510 g/mol. The summed E-state index contributed by atoms with van der Waals surface area (Å²) in [4.78, 5) is 3.75. The van der Waals surface area contributed by atoms with Crippen LogP contribution in [0.15, 0.2) is 78.9 Å². The Balaban J connectivity index is 2.28. The molecule has 0 radical (unpaired) electrons. The number of aromatic nitrogens is 1. The predicted molar refractivity (Wildman–Crippen MR) is 127 cm³/mol. The third-order valence-electron chi connectivity index (χ3n) is 5.31. The summed E-state index contributed by atoms with van der Waals surface area (Å²) in [5.41, 5.74) is -0.781. The van der Waals surface area contributed by atoms with E-state index in [4.69, 9.17) is 4.43 Å². The number of pyridine rings is 1. The van der Waals surface area contributed by atoms with Gasteiger partial charge in [-0.05, 0) is 21.5 Å². The highest BCUT2D eigenvalue weighted by molar-refractivity contribution is 7.86. The van der Waals surface area contributed by atoms with E-state index in [-0.39, 0.29) is 0 Å². The van der Waals surface area contributed by atoms with E-state index in [1.54, 1.807) is 60.7 Å². The standard InChI is InChI=1S/C24H26F3NO4SSi/c1-23(2,3)34(18-12-7-5-8-13-18,19-14-9-6-10-15-19)32-24(27,22(25)26)20-16-11-17-21(28-20)31-33(4,29)30/h5-17,22H,1-4H3. The van der Waals surface area contributed by atoms with Crippen LogP contribution >= 0.6 is 0 Å². The molecule has 10 heteroatoms. The van der Waals surface area contributed by atoms with Gasteiger partial charge in [0.1, 0.15) is 5.69 Å². The van der Waals surface area contributed by atoms with E-state index in [0.29, 0.717) is 10.4 Å². The van der Waals surface area contributed by atoms with Crippen LogP contribution in [0.25, 0.3) is 0 Å². The van der Waals surface area contributed by atoms with Gasteiger partial charge in [-0.3, -0.25) is 0 Å². The molecule has 0 spiro atoms. The Morgan fingerprint density at radius 2 is 1.35 bits per heavy atom. The van der Waals surface area contributed by atoms with E-state index >= 15 is 4.39 Å². The Labute approximate surface area is 198 Å². The molecular weight excluding hydrogens is 483 g/mol. The number of hydrogen-bond acceptors (Lipinski definition) is 5. The summed E-state index contributed by atoms with van der Waals surface area (Å²) < 4.78 is 79.2. The van der Waals surface area contributed by atoms with Crippen molar-refractivity contribution in [3.05, 3.63) is 84.6 Å². The maximum absolute atomic E-state index is 16.5. The van der Waals surface area contributed by atoms with E-state index in [1.807, 2.05) is 20.8 Å². The molecule has 0 aliphatic heterocycles. The maximum Gasteiger partial charge on any atom is 0.307 e. The number of benzene rings is 2. The second-order valence-electron chi connectivity index (χ2n) is 8.86. The fourth-order valence-electron chi connectivity index (χ4n) is 3.89. The Hall–Kier alpha value is -2.69. The van der Waals surface area contributed by atoms with Crippen molar-refractivity contribution in [2.75, 3.05) is 6.26 Å². The highest BCUT2D eigenvalue weighted by Crippen LogP contribution is 2.44. The molecule has 0 bridgehead atoms. The van der Waals surface area contributed by atoms with Crippen LogP contribution in [-0.2, 0) is 20.4 Å². The van der Waals surface area contributed by atoms with Gasteiger partial charge in [-0.25, -0.2) is 13.8 Å². The molecule has 0 saturated carbocycles. The van der Waals surface area contributed by atoms with Gasteiger partial charge in [0.25, 0.3) is 8.32 Å². The molecule has 0 amide bonds. The molecule has 3 rings (SSSR count). The first kappa shape index (κ1) is 25.9. The van der Waals surface area contributed by atoms with E-state index < -0.39 is 47.3 Å². The Morgan fingerprint density at radius 1 is 0.853 bits per heavy atom. The van der Waals surface area contributed by atoms with Gasteiger partial charge in [-0.15, -0.1) is 0 Å². The first-order valence-corrected chi connectivity index (χ1v) is 14.2. The largest absolute Gasteiger partial charge is 0.368 e. The minimum Gasteiger partial charge on any atom is -0.368 e. The molecule has 1 aromatic heterocycles. The highest BCUT2D eigenvalue weighted by Gasteiger charge is 2.59. The van der Waals surface area contributed by atoms with Crippen molar-refractivity contribution in [3.63, 3.8) is 0 Å². The fraction of sp³-hybridized carbons (Fsp3) is 0.292. The Bertz CT molecular complexity index is 1180. The van der Waals surface area contributed by atoms with Crippen LogP contribution in [0.2, 0.25) is 5.04 Å². The second-order valence-corrected chi connectivity index (χ2v) is 14.7. The molecule has 1 atom stereocenters. The summed E-state index contributed by atoms with van der Waals surface area (Å²) in [5.74, 6) is -4.18. The van der Waals surface area contributed by atoms with Crippen LogP contribution in [-0.4, -0.2) is 34.4 Å². The molecule has 0 saturated heterocycles. The zero-order valence-corrected chi connectivity index (χ0v) is 21.0. The Morgan fingerprint density at radius 3 is 1.76 bits per heavy atom. The molecule has 2 aromatic carbocycles. The van der Waals surface area contributed by atoms with Crippen LogP contribution in [0.5, 0.6) is 5.88 Å². The lowest BCUT2D eigenvalue weighted by Gasteiger charge is -2.46. The first-order valence-electron chi connectivity index (χ1n) is 10.4. The molecule has 1 heterocycles. The van der Waals surface area contributed by atoms with Crippen molar-refractivity contribution >= 4 is 28.8 Å². The van der Waals surface area contributed by atoms with Crippen molar-refractivity contribution in [1.29, 1.82) is 0 Å². The van der Waals surface area contributed by atoms with Gasteiger partial charge in [0.15, 0.2) is 0 Å². The van der Waals surface area contributed by atoms with E-state index in [9.17, 15) is 17.2 Å². The zero-order valence-electron chi connectivity index (χ0n) is 19.2. The highest BCUT2D eigenvalue weighted by atomic mass is 32.2. The number of nitrogens with zero attached hydrogens (tertiary/aromatic N) is 1. The topological polar surface area (TPSA) is 65.5 Å². The normalized spacial score (nSPS) is 14.6. The smallest absolute Gasteiger partial charge is 0.307 e. The van der Waals surface area contributed by atoms with Gasteiger partial charge >= 0.3 is 22.4 Å². The van der Waals surface area contributed by atoms with Gasteiger partial charge in [0.05, 0.1) is 6.26 Å². The third kappa shape index (κ3) is 5.18. The summed E-state index contributed by atoms with van der Waals surface area (Å²) >= 11 is 0.